The fraction of sp³-hybridized carbons (Fsp3) is 0.154. The third kappa shape index (κ3) is 3.48. The molecular formula is C26H23ClN4S. The second kappa shape index (κ2) is 8.41. The summed E-state index contributed by atoms with van der Waals surface area (Å²) in [5.41, 5.74) is 6.43. The minimum atomic E-state index is -0.0795. The number of hydrogen-bond acceptors (Lipinski definition) is 2. The van der Waals surface area contributed by atoms with Gasteiger partial charge in [-0.3, -0.25) is 4.98 Å². The molecule has 5 rings (SSSR count). The monoisotopic (exact) mass is 458 g/mol. The van der Waals surface area contributed by atoms with Crippen LogP contribution in [0.15, 0.2) is 85.1 Å². The number of thiocarbonyl (C=S) groups is 1. The van der Waals surface area contributed by atoms with Crippen LogP contribution in [0.4, 0.5) is 5.69 Å². The van der Waals surface area contributed by atoms with E-state index in [1.165, 1.54) is 5.56 Å². The molecule has 0 radical (unpaired) electrons. The van der Waals surface area contributed by atoms with Crippen LogP contribution in [-0.2, 0) is 0 Å². The molecule has 4 aromatic rings. The molecule has 3 heterocycles. The summed E-state index contributed by atoms with van der Waals surface area (Å²) in [5.74, 6) is 0. The van der Waals surface area contributed by atoms with Crippen molar-refractivity contribution in [3.8, 4) is 5.69 Å². The van der Waals surface area contributed by atoms with Crippen molar-refractivity contribution >= 4 is 34.6 Å². The smallest absolute Gasteiger partial charge is 0.174 e. The maximum absolute atomic E-state index is 6.57. The molecule has 1 saturated heterocycles. The van der Waals surface area contributed by atoms with Gasteiger partial charge in [-0.25, -0.2) is 0 Å². The van der Waals surface area contributed by atoms with Crippen molar-refractivity contribution in [3.05, 3.63) is 113 Å². The predicted octanol–water partition coefficient (Wildman–Crippen LogP) is 6.32. The molecule has 0 saturated carbocycles. The molecule has 0 amide bonds. The number of pyridine rings is 1. The molecule has 2 atom stereocenters. The van der Waals surface area contributed by atoms with Crippen LogP contribution in [0.3, 0.4) is 0 Å². The zero-order chi connectivity index (χ0) is 22.2. The van der Waals surface area contributed by atoms with Crippen LogP contribution < -0.4 is 10.2 Å². The van der Waals surface area contributed by atoms with Gasteiger partial charge in [-0.2, -0.15) is 0 Å². The average molecular weight is 459 g/mol. The Morgan fingerprint density at radius 1 is 0.938 bits per heavy atom. The second-order valence-electron chi connectivity index (χ2n) is 7.95. The Labute approximate surface area is 198 Å². The van der Waals surface area contributed by atoms with Gasteiger partial charge in [-0.05, 0) is 74.1 Å². The van der Waals surface area contributed by atoms with Gasteiger partial charge >= 0.3 is 0 Å². The number of nitrogens with one attached hydrogen (secondary N) is 1. The molecule has 0 aliphatic carbocycles. The minimum absolute atomic E-state index is 0.0535. The van der Waals surface area contributed by atoms with E-state index in [1.807, 2.05) is 54.7 Å². The van der Waals surface area contributed by atoms with Gasteiger partial charge in [-0.15, -0.1) is 0 Å². The Morgan fingerprint density at radius 3 is 2.38 bits per heavy atom. The number of rotatable bonds is 4. The Hall–Kier alpha value is -3.15. The lowest BCUT2D eigenvalue weighted by Crippen LogP contribution is -2.29. The third-order valence-corrected chi connectivity index (χ3v) is 6.65. The lowest BCUT2D eigenvalue weighted by molar-refractivity contribution is 0.565. The number of nitrogens with zero attached hydrogens (tertiary/aromatic N) is 3. The number of aryl methyl sites for hydroxylation is 1. The zero-order valence-electron chi connectivity index (χ0n) is 17.9. The first-order chi connectivity index (χ1) is 15.6. The molecule has 0 spiro atoms. The normalized spacial score (nSPS) is 18.1. The van der Waals surface area contributed by atoms with Crippen LogP contribution in [-0.4, -0.2) is 14.7 Å². The Kier molecular flexibility index (Phi) is 5.45. The number of para-hydroxylation sites is 2. The van der Waals surface area contributed by atoms with E-state index in [4.69, 9.17) is 23.8 Å². The average Bonchev–Trinajstić information content (AvgIpc) is 3.31. The van der Waals surface area contributed by atoms with E-state index in [9.17, 15) is 0 Å². The highest BCUT2D eigenvalue weighted by atomic mass is 35.5. The van der Waals surface area contributed by atoms with Crippen LogP contribution in [0.5, 0.6) is 0 Å². The summed E-state index contributed by atoms with van der Waals surface area (Å²) in [6.07, 6.45) is 1.83. The molecule has 1 fully saturated rings. The molecule has 32 heavy (non-hydrogen) atoms. The first-order valence-corrected chi connectivity index (χ1v) is 11.3. The quantitative estimate of drug-likeness (QED) is 0.363. The fourth-order valence-electron chi connectivity index (χ4n) is 4.63. The number of halogens is 1. The SMILES string of the molecule is Cc1cc(C2C(c3ccccn3)NC(=S)N2c2ccccc2)c(C)n1-c1ccccc1Cl. The van der Waals surface area contributed by atoms with E-state index >= 15 is 0 Å². The van der Waals surface area contributed by atoms with Crippen LogP contribution in [0.25, 0.3) is 5.69 Å². The van der Waals surface area contributed by atoms with E-state index in [2.05, 4.69) is 63.9 Å². The summed E-state index contributed by atoms with van der Waals surface area (Å²) in [6.45, 7) is 4.26. The summed E-state index contributed by atoms with van der Waals surface area (Å²) in [6, 6.07) is 26.3. The molecule has 160 valence electrons. The highest BCUT2D eigenvalue weighted by Crippen LogP contribution is 2.43. The summed E-state index contributed by atoms with van der Waals surface area (Å²) < 4.78 is 2.22. The molecule has 2 aromatic carbocycles. The molecule has 1 aliphatic heterocycles. The summed E-state index contributed by atoms with van der Waals surface area (Å²) in [7, 11) is 0. The van der Waals surface area contributed by atoms with Crippen molar-refractivity contribution in [1.29, 1.82) is 0 Å². The van der Waals surface area contributed by atoms with Crippen molar-refractivity contribution in [2.75, 3.05) is 4.90 Å². The van der Waals surface area contributed by atoms with Crippen molar-refractivity contribution in [1.82, 2.24) is 14.9 Å². The third-order valence-electron chi connectivity index (χ3n) is 6.01. The fourth-order valence-corrected chi connectivity index (χ4v) is 5.19. The molecule has 1 N–H and O–H groups in total. The Balaban J connectivity index is 1.70. The second-order valence-corrected chi connectivity index (χ2v) is 8.74. The lowest BCUT2D eigenvalue weighted by Gasteiger charge is -2.28. The van der Waals surface area contributed by atoms with Crippen LogP contribution in [0, 0.1) is 13.8 Å². The summed E-state index contributed by atoms with van der Waals surface area (Å²) in [4.78, 5) is 6.86. The maximum Gasteiger partial charge on any atom is 0.174 e. The van der Waals surface area contributed by atoms with Crippen LogP contribution in [0.1, 0.15) is 34.7 Å². The zero-order valence-corrected chi connectivity index (χ0v) is 19.4. The van der Waals surface area contributed by atoms with E-state index < -0.39 is 0 Å². The highest BCUT2D eigenvalue weighted by molar-refractivity contribution is 7.80. The molecule has 2 aromatic heterocycles. The van der Waals surface area contributed by atoms with Gasteiger partial charge in [0.1, 0.15) is 0 Å². The van der Waals surface area contributed by atoms with Crippen LogP contribution in [0.2, 0.25) is 5.02 Å². The topological polar surface area (TPSA) is 33.1 Å². The number of anilines is 1. The molecular weight excluding hydrogens is 436 g/mol. The van der Waals surface area contributed by atoms with Gasteiger partial charge in [0.2, 0.25) is 0 Å². The standard InChI is InChI=1S/C26H23ClN4S/c1-17-16-20(18(2)30(17)23-14-7-6-12-21(23)27)25-24(22-13-8-9-15-28-22)29-26(32)31(25)19-10-4-3-5-11-19/h3-16,24-25H,1-2H3,(H,29,32). The van der Waals surface area contributed by atoms with Gasteiger partial charge in [0, 0.05) is 23.3 Å². The molecule has 4 nitrogen and oxygen atoms in total. The van der Waals surface area contributed by atoms with Crippen LogP contribution >= 0.6 is 23.8 Å². The molecule has 1 aliphatic rings. The van der Waals surface area contributed by atoms with E-state index in [-0.39, 0.29) is 12.1 Å². The van der Waals surface area contributed by atoms with Gasteiger partial charge in [0.15, 0.2) is 5.11 Å². The van der Waals surface area contributed by atoms with Crippen molar-refractivity contribution in [2.24, 2.45) is 0 Å². The van der Waals surface area contributed by atoms with Gasteiger partial charge in [-0.1, -0.05) is 48.0 Å². The number of hydrogen-bond donors (Lipinski definition) is 1. The van der Waals surface area contributed by atoms with Crippen molar-refractivity contribution < 1.29 is 0 Å². The molecule has 2 unspecified atom stereocenters. The number of aromatic nitrogens is 2. The highest BCUT2D eigenvalue weighted by Gasteiger charge is 2.42. The number of benzene rings is 2. The van der Waals surface area contributed by atoms with Gasteiger partial charge in [0.05, 0.1) is 28.5 Å². The first kappa shape index (κ1) is 20.7. The van der Waals surface area contributed by atoms with Crippen molar-refractivity contribution in [3.63, 3.8) is 0 Å². The minimum Gasteiger partial charge on any atom is -0.351 e. The van der Waals surface area contributed by atoms with Gasteiger partial charge < -0.3 is 14.8 Å². The largest absolute Gasteiger partial charge is 0.351 e. The van der Waals surface area contributed by atoms with E-state index in [1.54, 1.807) is 0 Å². The Morgan fingerprint density at radius 2 is 1.66 bits per heavy atom. The molecule has 0 bridgehead atoms. The Bertz CT molecular complexity index is 1270. The molecule has 6 heteroatoms. The summed E-state index contributed by atoms with van der Waals surface area (Å²) in [5, 5.41) is 4.95. The predicted molar refractivity (Wildman–Crippen MR) is 135 cm³/mol. The maximum atomic E-state index is 6.57. The lowest BCUT2D eigenvalue weighted by atomic mass is 9.96. The first-order valence-electron chi connectivity index (χ1n) is 10.6. The van der Waals surface area contributed by atoms with E-state index in [0.717, 1.165) is 33.5 Å². The summed E-state index contributed by atoms with van der Waals surface area (Å²) >= 11 is 12.4. The van der Waals surface area contributed by atoms with Crippen molar-refractivity contribution in [2.45, 2.75) is 25.9 Å². The van der Waals surface area contributed by atoms with Gasteiger partial charge in [0.25, 0.3) is 0 Å². The van der Waals surface area contributed by atoms with E-state index in [0.29, 0.717) is 5.11 Å².